The molecular weight excluding hydrogens is 387 g/mol. The first-order valence-corrected chi connectivity index (χ1v) is 7.74. The maximum Gasteiger partial charge on any atom is 0.133 e. The summed E-state index contributed by atoms with van der Waals surface area (Å²) in [6.45, 7) is 0. The third kappa shape index (κ3) is 2.87. The Hall–Kier alpha value is -0.0300. The molecule has 0 N–H and O–H groups in total. The largest absolute Gasteiger partial charge is 0.496 e. The monoisotopic (exact) mass is 394 g/mol. The number of hydrogen-bond acceptors (Lipinski definition) is 2. The summed E-state index contributed by atoms with van der Waals surface area (Å²) in [5.74, 6) is 0.808. The lowest BCUT2D eigenvalue weighted by Gasteiger charge is -2.11. The topological polar surface area (TPSA) is 9.23 Å². The van der Waals surface area contributed by atoms with Gasteiger partial charge in [-0.15, -0.1) is 22.9 Å². The molecule has 0 bridgehead atoms. The van der Waals surface area contributed by atoms with Gasteiger partial charge < -0.3 is 4.74 Å². The Bertz CT molecular complexity index is 527. The van der Waals surface area contributed by atoms with Crippen LogP contribution in [0.15, 0.2) is 38.6 Å². The minimum Gasteiger partial charge on any atom is -0.496 e. The summed E-state index contributed by atoms with van der Waals surface area (Å²) < 4.78 is 7.16. The number of hydrogen-bond donors (Lipinski definition) is 0. The van der Waals surface area contributed by atoms with Crippen molar-refractivity contribution in [2.45, 2.75) is 5.38 Å². The number of ether oxygens (including phenoxy) is 1. The van der Waals surface area contributed by atoms with Crippen LogP contribution in [0.5, 0.6) is 5.75 Å². The molecule has 2 rings (SSSR count). The molecule has 1 atom stereocenters. The van der Waals surface area contributed by atoms with Gasteiger partial charge in [-0.2, -0.15) is 0 Å². The van der Waals surface area contributed by atoms with Crippen molar-refractivity contribution < 1.29 is 4.74 Å². The molecule has 17 heavy (non-hydrogen) atoms. The standard InChI is InChI=1S/C12H9Br2ClOS/c1-16-10-3-2-7(6-9(10)14)11(15)12-8(13)4-5-17-12/h2-6,11H,1H3. The van der Waals surface area contributed by atoms with Crippen molar-refractivity contribution in [2.24, 2.45) is 0 Å². The summed E-state index contributed by atoms with van der Waals surface area (Å²) in [5.41, 5.74) is 1.04. The van der Waals surface area contributed by atoms with Crippen molar-refractivity contribution >= 4 is 54.8 Å². The molecule has 1 aromatic heterocycles. The van der Waals surface area contributed by atoms with E-state index < -0.39 is 0 Å². The molecular formula is C12H9Br2ClOS. The highest BCUT2D eigenvalue weighted by Crippen LogP contribution is 2.39. The summed E-state index contributed by atoms with van der Waals surface area (Å²) >= 11 is 15.1. The number of alkyl halides is 1. The highest BCUT2D eigenvalue weighted by atomic mass is 79.9. The first-order chi connectivity index (χ1) is 8.13. The average Bonchev–Trinajstić information content (AvgIpc) is 2.74. The maximum absolute atomic E-state index is 6.46. The van der Waals surface area contributed by atoms with Gasteiger partial charge in [0.1, 0.15) is 5.75 Å². The normalized spacial score (nSPS) is 12.5. The number of methoxy groups -OCH3 is 1. The van der Waals surface area contributed by atoms with Crippen LogP contribution in [0.3, 0.4) is 0 Å². The minimum absolute atomic E-state index is 0.147. The zero-order chi connectivity index (χ0) is 12.4. The predicted molar refractivity (Wildman–Crippen MR) is 80.4 cm³/mol. The Morgan fingerprint density at radius 3 is 2.53 bits per heavy atom. The van der Waals surface area contributed by atoms with Gasteiger partial charge in [-0.25, -0.2) is 0 Å². The SMILES string of the molecule is COc1ccc(C(Cl)c2sccc2Br)cc1Br. The van der Waals surface area contributed by atoms with E-state index in [0.717, 1.165) is 25.1 Å². The van der Waals surface area contributed by atoms with Crippen molar-refractivity contribution in [2.75, 3.05) is 7.11 Å². The summed E-state index contributed by atoms with van der Waals surface area (Å²) in [5, 5.41) is 1.87. The fourth-order valence-electron chi connectivity index (χ4n) is 1.48. The van der Waals surface area contributed by atoms with Gasteiger partial charge >= 0.3 is 0 Å². The van der Waals surface area contributed by atoms with E-state index in [4.69, 9.17) is 16.3 Å². The lowest BCUT2D eigenvalue weighted by molar-refractivity contribution is 0.412. The molecule has 0 amide bonds. The summed E-state index contributed by atoms with van der Waals surface area (Å²) in [4.78, 5) is 1.11. The second-order valence-corrected chi connectivity index (χ2v) is 6.48. The van der Waals surface area contributed by atoms with Crippen molar-refractivity contribution in [1.82, 2.24) is 0 Å². The predicted octanol–water partition coefficient (Wildman–Crippen LogP) is 5.61. The average molecular weight is 397 g/mol. The van der Waals surface area contributed by atoms with Crippen molar-refractivity contribution in [3.8, 4) is 5.75 Å². The quantitative estimate of drug-likeness (QED) is 0.613. The fourth-order valence-corrected chi connectivity index (χ4v) is 4.18. The van der Waals surface area contributed by atoms with Crippen LogP contribution < -0.4 is 4.74 Å². The molecule has 0 aliphatic carbocycles. The van der Waals surface area contributed by atoms with E-state index >= 15 is 0 Å². The van der Waals surface area contributed by atoms with Gasteiger partial charge in [0.05, 0.1) is 17.0 Å². The zero-order valence-electron chi connectivity index (χ0n) is 8.91. The molecule has 0 aliphatic heterocycles. The lowest BCUT2D eigenvalue weighted by atomic mass is 10.1. The minimum atomic E-state index is -0.147. The molecule has 0 saturated carbocycles. The van der Waals surface area contributed by atoms with Crippen molar-refractivity contribution in [3.05, 3.63) is 49.0 Å². The Labute approximate surface area is 126 Å². The first kappa shape index (κ1) is 13.4. The molecule has 2 aromatic rings. The van der Waals surface area contributed by atoms with Gasteiger partial charge in [0, 0.05) is 9.35 Å². The second kappa shape index (κ2) is 5.74. The van der Waals surface area contributed by atoms with Crippen LogP contribution in [0.2, 0.25) is 0 Å². The van der Waals surface area contributed by atoms with E-state index in [1.165, 1.54) is 0 Å². The fraction of sp³-hybridized carbons (Fsp3) is 0.167. The van der Waals surface area contributed by atoms with E-state index in [1.54, 1.807) is 18.4 Å². The van der Waals surface area contributed by atoms with Crippen LogP contribution in [0.1, 0.15) is 15.8 Å². The van der Waals surface area contributed by atoms with Crippen molar-refractivity contribution in [1.29, 1.82) is 0 Å². The van der Waals surface area contributed by atoms with E-state index in [2.05, 4.69) is 31.9 Å². The van der Waals surface area contributed by atoms with Crippen molar-refractivity contribution in [3.63, 3.8) is 0 Å². The number of rotatable bonds is 3. The van der Waals surface area contributed by atoms with E-state index in [1.807, 2.05) is 29.6 Å². The summed E-state index contributed by atoms with van der Waals surface area (Å²) in [7, 11) is 1.65. The molecule has 0 aliphatic rings. The highest BCUT2D eigenvalue weighted by Gasteiger charge is 2.16. The molecule has 0 saturated heterocycles. The number of thiophene rings is 1. The van der Waals surface area contributed by atoms with Gasteiger partial charge in [-0.3, -0.25) is 0 Å². The lowest BCUT2D eigenvalue weighted by Crippen LogP contribution is -1.92. The Balaban J connectivity index is 2.35. The van der Waals surface area contributed by atoms with Gasteiger partial charge in [0.2, 0.25) is 0 Å². The third-order valence-electron chi connectivity index (χ3n) is 2.34. The highest BCUT2D eigenvalue weighted by molar-refractivity contribution is 9.10. The van der Waals surface area contributed by atoms with Crippen LogP contribution >= 0.6 is 54.8 Å². The number of benzene rings is 1. The van der Waals surface area contributed by atoms with Crippen LogP contribution in [-0.4, -0.2) is 7.11 Å². The smallest absolute Gasteiger partial charge is 0.133 e. The van der Waals surface area contributed by atoms with E-state index in [-0.39, 0.29) is 5.38 Å². The molecule has 90 valence electrons. The molecule has 1 nitrogen and oxygen atoms in total. The molecule has 1 heterocycles. The van der Waals surface area contributed by atoms with E-state index in [0.29, 0.717) is 0 Å². The zero-order valence-corrected chi connectivity index (χ0v) is 13.7. The van der Waals surface area contributed by atoms with Crippen LogP contribution in [0.4, 0.5) is 0 Å². The first-order valence-electron chi connectivity index (χ1n) is 4.84. The third-order valence-corrected chi connectivity index (χ3v) is 5.50. The molecule has 0 spiro atoms. The molecule has 5 heteroatoms. The Kier molecular flexibility index (Phi) is 4.53. The maximum atomic E-state index is 6.46. The Morgan fingerprint density at radius 2 is 2.00 bits per heavy atom. The molecule has 0 fully saturated rings. The summed E-state index contributed by atoms with van der Waals surface area (Å²) in [6.07, 6.45) is 0. The number of halogens is 3. The van der Waals surface area contributed by atoms with Crippen LogP contribution in [-0.2, 0) is 0 Å². The molecule has 0 radical (unpaired) electrons. The van der Waals surface area contributed by atoms with Gasteiger partial charge in [-0.1, -0.05) is 6.07 Å². The van der Waals surface area contributed by atoms with Crippen LogP contribution in [0.25, 0.3) is 0 Å². The van der Waals surface area contributed by atoms with Gasteiger partial charge in [0.15, 0.2) is 0 Å². The Morgan fingerprint density at radius 1 is 1.24 bits per heavy atom. The van der Waals surface area contributed by atoms with Gasteiger partial charge in [0.25, 0.3) is 0 Å². The van der Waals surface area contributed by atoms with Crippen LogP contribution in [0, 0.1) is 0 Å². The second-order valence-electron chi connectivity index (χ2n) is 3.39. The summed E-state index contributed by atoms with van der Waals surface area (Å²) in [6, 6.07) is 7.89. The van der Waals surface area contributed by atoms with Gasteiger partial charge in [-0.05, 0) is 61.0 Å². The molecule has 1 unspecified atom stereocenters. The van der Waals surface area contributed by atoms with E-state index in [9.17, 15) is 0 Å². The molecule has 1 aromatic carbocycles.